The van der Waals surface area contributed by atoms with Crippen LogP contribution in [0.2, 0.25) is 5.02 Å². The summed E-state index contributed by atoms with van der Waals surface area (Å²) in [7, 11) is 0. The molecule has 5 atom stereocenters. The number of halogens is 1. The highest BCUT2D eigenvalue weighted by atomic mass is 35.5. The summed E-state index contributed by atoms with van der Waals surface area (Å²) in [5.41, 5.74) is 6.56. The van der Waals surface area contributed by atoms with E-state index in [1.807, 2.05) is 72.8 Å². The molecule has 2 aliphatic rings. The van der Waals surface area contributed by atoms with Gasteiger partial charge in [0.2, 0.25) is 0 Å². The van der Waals surface area contributed by atoms with E-state index in [-0.39, 0.29) is 30.5 Å². The summed E-state index contributed by atoms with van der Waals surface area (Å²) in [6.07, 6.45) is 1.16. The fraction of sp³-hybridized carbons (Fsp3) is 0.318. The lowest BCUT2D eigenvalue weighted by molar-refractivity contribution is -0.222. The van der Waals surface area contributed by atoms with Crippen molar-refractivity contribution in [1.82, 2.24) is 0 Å². The molecule has 0 radical (unpaired) electrons. The van der Waals surface area contributed by atoms with Crippen molar-refractivity contribution in [2.24, 2.45) is 0 Å². The normalized spacial score (nSPS) is 21.8. The van der Waals surface area contributed by atoms with Crippen LogP contribution in [0.15, 0.2) is 133 Å². The molecule has 7 rings (SSSR count). The first kappa shape index (κ1) is 35.4. The molecule has 0 spiro atoms. The zero-order chi connectivity index (χ0) is 34.7. The van der Waals surface area contributed by atoms with Crippen molar-refractivity contribution in [3.8, 4) is 5.75 Å². The van der Waals surface area contributed by atoms with Gasteiger partial charge >= 0.3 is 0 Å². The van der Waals surface area contributed by atoms with E-state index in [2.05, 4.69) is 60.7 Å². The first-order valence-corrected chi connectivity index (χ1v) is 18.2. The van der Waals surface area contributed by atoms with Crippen LogP contribution in [-0.4, -0.2) is 44.2 Å². The Morgan fingerprint density at radius 2 is 1.31 bits per heavy atom. The topological polar surface area (TPSA) is 55.4 Å². The average molecular weight is 705 g/mol. The van der Waals surface area contributed by atoms with Gasteiger partial charge in [-0.15, -0.1) is 0 Å². The van der Waals surface area contributed by atoms with Gasteiger partial charge in [-0.3, -0.25) is 0 Å². The third-order valence-electron chi connectivity index (χ3n) is 9.45. The lowest BCUT2D eigenvalue weighted by Crippen LogP contribution is -2.50. The largest absolute Gasteiger partial charge is 0.488 e. The molecule has 0 N–H and O–H groups in total. The molecular weight excluding hydrogens is 660 g/mol. The standard InChI is InChI=1S/C44H45ClO6/c45-40-21-18-36(25-37(40)24-32-16-19-38(20-17-32)50-39-22-23-46-30-39)41-26-42(48-28-34-12-6-2-7-13-34)44(49-29-35-14-8-3-9-15-35)43(51-41)31-47-27-33-10-4-1-5-11-33/h1-21,25,39,41-44H,22-24,26-31H2/t39?,41-,42?,43?,44+/m1/s1. The van der Waals surface area contributed by atoms with Gasteiger partial charge in [-0.1, -0.05) is 127 Å². The molecule has 264 valence electrons. The van der Waals surface area contributed by atoms with Crippen LogP contribution in [-0.2, 0) is 49.9 Å². The zero-order valence-electron chi connectivity index (χ0n) is 28.8. The molecule has 2 fully saturated rings. The Balaban J connectivity index is 1.11. The molecule has 0 bridgehead atoms. The van der Waals surface area contributed by atoms with Gasteiger partial charge in [0.05, 0.1) is 51.8 Å². The van der Waals surface area contributed by atoms with Gasteiger partial charge < -0.3 is 28.4 Å². The summed E-state index contributed by atoms with van der Waals surface area (Å²) in [6, 6.07) is 45.2. The van der Waals surface area contributed by atoms with E-state index in [4.69, 9.17) is 40.0 Å². The molecule has 51 heavy (non-hydrogen) atoms. The Morgan fingerprint density at radius 1 is 0.667 bits per heavy atom. The first-order chi connectivity index (χ1) is 25.2. The van der Waals surface area contributed by atoms with Crippen molar-refractivity contribution in [2.75, 3.05) is 19.8 Å². The maximum atomic E-state index is 6.92. The third kappa shape index (κ3) is 10.1. The average Bonchev–Trinajstić information content (AvgIpc) is 3.69. The third-order valence-corrected chi connectivity index (χ3v) is 9.82. The van der Waals surface area contributed by atoms with Crippen LogP contribution < -0.4 is 4.74 Å². The van der Waals surface area contributed by atoms with E-state index in [0.29, 0.717) is 45.9 Å². The predicted octanol–water partition coefficient (Wildman–Crippen LogP) is 9.32. The first-order valence-electron chi connectivity index (χ1n) is 17.9. The lowest BCUT2D eigenvalue weighted by atomic mass is 9.92. The van der Waals surface area contributed by atoms with E-state index in [1.165, 1.54) is 0 Å². The summed E-state index contributed by atoms with van der Waals surface area (Å²) in [5, 5.41) is 0.724. The summed E-state index contributed by atoms with van der Waals surface area (Å²) in [5.74, 6) is 0.857. The molecule has 0 amide bonds. The van der Waals surface area contributed by atoms with Gasteiger partial charge in [-0.25, -0.2) is 0 Å². The second kappa shape index (κ2) is 18.0. The van der Waals surface area contributed by atoms with Crippen LogP contribution >= 0.6 is 11.6 Å². The van der Waals surface area contributed by atoms with Crippen molar-refractivity contribution in [3.63, 3.8) is 0 Å². The van der Waals surface area contributed by atoms with E-state index in [1.54, 1.807) is 0 Å². The van der Waals surface area contributed by atoms with Crippen LogP contribution in [0.1, 0.15) is 52.3 Å². The van der Waals surface area contributed by atoms with Crippen molar-refractivity contribution in [3.05, 3.63) is 172 Å². The Bertz CT molecular complexity index is 1760. The van der Waals surface area contributed by atoms with Crippen molar-refractivity contribution in [2.45, 2.75) is 69.6 Å². The van der Waals surface area contributed by atoms with Gasteiger partial charge in [0.15, 0.2) is 0 Å². The summed E-state index contributed by atoms with van der Waals surface area (Å²) < 4.78 is 38.2. The monoisotopic (exact) mass is 704 g/mol. The van der Waals surface area contributed by atoms with E-state index in [0.717, 1.165) is 57.2 Å². The van der Waals surface area contributed by atoms with Crippen molar-refractivity contribution >= 4 is 11.6 Å². The fourth-order valence-corrected chi connectivity index (χ4v) is 6.89. The SMILES string of the molecule is Clc1ccc([C@H]2CC(OCc3ccccc3)[C@H](OCc3ccccc3)C(COCc3ccccc3)O2)cc1Cc1ccc(OC2CCOC2)cc1. The molecule has 5 aromatic carbocycles. The van der Waals surface area contributed by atoms with E-state index in [9.17, 15) is 0 Å². The lowest BCUT2D eigenvalue weighted by Gasteiger charge is -2.42. The predicted molar refractivity (Wildman–Crippen MR) is 199 cm³/mol. The fourth-order valence-electron chi connectivity index (χ4n) is 6.70. The van der Waals surface area contributed by atoms with Crippen LogP contribution in [0.5, 0.6) is 5.75 Å². The summed E-state index contributed by atoms with van der Waals surface area (Å²) in [6.45, 7) is 3.16. The van der Waals surface area contributed by atoms with Crippen LogP contribution in [0, 0.1) is 0 Å². The van der Waals surface area contributed by atoms with E-state index >= 15 is 0 Å². The Hall–Kier alpha value is -4.01. The van der Waals surface area contributed by atoms with Gasteiger partial charge in [-0.2, -0.15) is 0 Å². The molecule has 7 heteroatoms. The number of hydrogen-bond donors (Lipinski definition) is 0. The molecule has 6 nitrogen and oxygen atoms in total. The number of rotatable bonds is 15. The maximum absolute atomic E-state index is 6.92. The van der Waals surface area contributed by atoms with Crippen LogP contribution in [0.25, 0.3) is 0 Å². The molecule has 0 aliphatic carbocycles. The summed E-state index contributed by atoms with van der Waals surface area (Å²) >= 11 is 6.81. The van der Waals surface area contributed by atoms with Gasteiger partial charge in [0.1, 0.15) is 24.1 Å². The molecule has 2 heterocycles. The zero-order valence-corrected chi connectivity index (χ0v) is 29.5. The molecule has 2 aliphatic heterocycles. The second-order valence-electron chi connectivity index (χ2n) is 13.3. The van der Waals surface area contributed by atoms with Crippen molar-refractivity contribution < 1.29 is 28.4 Å². The smallest absolute Gasteiger partial charge is 0.124 e. The highest BCUT2D eigenvalue weighted by Gasteiger charge is 2.41. The highest BCUT2D eigenvalue weighted by molar-refractivity contribution is 6.31. The Kier molecular flexibility index (Phi) is 12.5. The molecule has 0 aromatic heterocycles. The maximum Gasteiger partial charge on any atom is 0.124 e. The van der Waals surface area contributed by atoms with E-state index < -0.39 is 0 Å². The molecule has 2 saturated heterocycles. The minimum Gasteiger partial charge on any atom is -0.488 e. The van der Waals surface area contributed by atoms with Crippen LogP contribution in [0.3, 0.4) is 0 Å². The number of ether oxygens (including phenoxy) is 6. The number of hydrogen-bond acceptors (Lipinski definition) is 6. The molecule has 5 aromatic rings. The molecule has 0 saturated carbocycles. The van der Waals surface area contributed by atoms with Gasteiger partial charge in [-0.05, 0) is 58.0 Å². The van der Waals surface area contributed by atoms with Gasteiger partial charge in [0, 0.05) is 17.9 Å². The minimum atomic E-state index is -0.367. The quantitative estimate of drug-likeness (QED) is 0.108. The number of benzene rings is 5. The Labute approximate surface area is 306 Å². The summed E-state index contributed by atoms with van der Waals surface area (Å²) in [4.78, 5) is 0. The molecule has 3 unspecified atom stereocenters. The second-order valence-corrected chi connectivity index (χ2v) is 13.7. The van der Waals surface area contributed by atoms with Gasteiger partial charge in [0.25, 0.3) is 0 Å². The van der Waals surface area contributed by atoms with Crippen molar-refractivity contribution in [1.29, 1.82) is 0 Å². The highest BCUT2D eigenvalue weighted by Crippen LogP contribution is 2.37. The molecular formula is C44H45ClO6. The minimum absolute atomic E-state index is 0.119. The Morgan fingerprint density at radius 3 is 1.96 bits per heavy atom. The van der Waals surface area contributed by atoms with Crippen LogP contribution in [0.4, 0.5) is 0 Å².